The average Bonchev–Trinajstić information content (AvgIpc) is 3.57. The van der Waals surface area contributed by atoms with Gasteiger partial charge in [-0.05, 0) is 73.4 Å². The molecule has 1 unspecified atom stereocenters. The monoisotopic (exact) mass is 392 g/mol. The minimum Gasteiger partial charge on any atom is -0.494 e. The maximum atomic E-state index is 12.2. The molecule has 2 amide bonds. The number of rotatable bonds is 8. The third kappa shape index (κ3) is 5.17. The molecule has 0 aromatic heterocycles. The first kappa shape index (κ1) is 19.5. The number of anilines is 1. The molecule has 2 aromatic carbocycles. The number of carbonyl (C=O) groups excluding carboxylic acids is 2. The fourth-order valence-corrected chi connectivity index (χ4v) is 3.74. The number of ether oxygens (including phenoxy) is 1. The number of aryl methyl sites for hydroxylation is 1. The summed E-state index contributed by atoms with van der Waals surface area (Å²) in [5, 5.41) is 5.93. The highest BCUT2D eigenvalue weighted by atomic mass is 16.5. The van der Waals surface area contributed by atoms with Gasteiger partial charge in [-0.2, -0.15) is 0 Å². The maximum absolute atomic E-state index is 12.2. The van der Waals surface area contributed by atoms with Crippen LogP contribution in [0.4, 0.5) is 5.69 Å². The van der Waals surface area contributed by atoms with Gasteiger partial charge in [-0.25, -0.2) is 0 Å². The van der Waals surface area contributed by atoms with Crippen molar-refractivity contribution in [2.75, 3.05) is 11.9 Å². The molecule has 1 saturated carbocycles. The number of hydrogen-bond acceptors (Lipinski definition) is 3. The van der Waals surface area contributed by atoms with Gasteiger partial charge in [0.1, 0.15) is 5.75 Å². The minimum absolute atomic E-state index is 0.00697. The lowest BCUT2D eigenvalue weighted by atomic mass is 10.0. The fourth-order valence-electron chi connectivity index (χ4n) is 3.74. The molecule has 2 N–H and O–H groups in total. The molecule has 0 spiro atoms. The summed E-state index contributed by atoms with van der Waals surface area (Å²) >= 11 is 0. The Morgan fingerprint density at radius 3 is 2.72 bits per heavy atom. The van der Waals surface area contributed by atoms with Crippen LogP contribution >= 0.6 is 0 Å². The van der Waals surface area contributed by atoms with Crippen LogP contribution in [-0.4, -0.2) is 18.4 Å². The molecule has 5 nitrogen and oxygen atoms in total. The molecule has 1 atom stereocenters. The van der Waals surface area contributed by atoms with Crippen molar-refractivity contribution < 1.29 is 14.3 Å². The van der Waals surface area contributed by atoms with Crippen LogP contribution in [0.5, 0.6) is 5.75 Å². The number of carbonyl (C=O) groups is 2. The number of hydrogen-bond donors (Lipinski definition) is 2. The van der Waals surface area contributed by atoms with Gasteiger partial charge in [-0.1, -0.05) is 24.3 Å². The molecule has 2 aliphatic rings. The number of nitrogens with one attached hydrogen (secondary N) is 2. The fraction of sp³-hybridized carbons (Fsp3) is 0.417. The predicted octanol–water partition coefficient (Wildman–Crippen LogP) is 4.49. The average molecular weight is 392 g/mol. The first-order valence-electron chi connectivity index (χ1n) is 10.5. The Morgan fingerprint density at radius 1 is 1.17 bits per heavy atom. The topological polar surface area (TPSA) is 67.4 Å². The van der Waals surface area contributed by atoms with E-state index in [1.807, 2.05) is 25.1 Å². The van der Waals surface area contributed by atoms with E-state index in [-0.39, 0.29) is 17.9 Å². The summed E-state index contributed by atoms with van der Waals surface area (Å²) in [7, 11) is 0. The van der Waals surface area contributed by atoms with Crippen molar-refractivity contribution in [1.82, 2.24) is 5.32 Å². The third-order valence-electron chi connectivity index (χ3n) is 5.65. The van der Waals surface area contributed by atoms with Crippen LogP contribution in [0.2, 0.25) is 0 Å². The van der Waals surface area contributed by atoms with E-state index in [2.05, 4.69) is 34.9 Å². The Hall–Kier alpha value is -2.82. The lowest BCUT2D eigenvalue weighted by Crippen LogP contribution is -2.26. The minimum atomic E-state index is 0.00697. The highest BCUT2D eigenvalue weighted by Gasteiger charge is 2.23. The summed E-state index contributed by atoms with van der Waals surface area (Å²) in [6.45, 7) is 2.51. The summed E-state index contributed by atoms with van der Waals surface area (Å²) < 4.78 is 5.79. The third-order valence-corrected chi connectivity index (χ3v) is 5.65. The van der Waals surface area contributed by atoms with E-state index in [1.165, 1.54) is 18.4 Å². The second-order valence-electron chi connectivity index (χ2n) is 8.05. The molecule has 2 aromatic rings. The molecule has 1 aliphatic heterocycles. The molecular weight excluding hydrogens is 364 g/mol. The number of fused-ring (bicyclic) bond motifs is 1. The first-order valence-corrected chi connectivity index (χ1v) is 10.5. The van der Waals surface area contributed by atoms with Crippen molar-refractivity contribution in [3.63, 3.8) is 0 Å². The zero-order chi connectivity index (χ0) is 20.2. The van der Waals surface area contributed by atoms with Gasteiger partial charge in [-0.15, -0.1) is 0 Å². The Kier molecular flexibility index (Phi) is 5.84. The van der Waals surface area contributed by atoms with Gasteiger partial charge in [-0.3, -0.25) is 9.59 Å². The van der Waals surface area contributed by atoms with Gasteiger partial charge in [0.2, 0.25) is 11.8 Å². The predicted molar refractivity (Wildman–Crippen MR) is 113 cm³/mol. The highest BCUT2D eigenvalue weighted by molar-refractivity contribution is 5.94. The van der Waals surface area contributed by atoms with Crippen molar-refractivity contribution in [1.29, 1.82) is 0 Å². The van der Waals surface area contributed by atoms with Crippen LogP contribution in [0.3, 0.4) is 0 Å². The molecule has 0 saturated heterocycles. The molecule has 29 heavy (non-hydrogen) atoms. The molecule has 1 fully saturated rings. The van der Waals surface area contributed by atoms with Gasteiger partial charge < -0.3 is 15.4 Å². The zero-order valence-corrected chi connectivity index (χ0v) is 16.9. The summed E-state index contributed by atoms with van der Waals surface area (Å²) in [6, 6.07) is 14.3. The van der Waals surface area contributed by atoms with Crippen molar-refractivity contribution in [2.45, 2.75) is 57.4 Å². The smallest absolute Gasteiger partial charge is 0.224 e. The lowest BCUT2D eigenvalue weighted by Gasteiger charge is -2.18. The van der Waals surface area contributed by atoms with Gasteiger partial charge >= 0.3 is 0 Å². The van der Waals surface area contributed by atoms with Crippen LogP contribution in [-0.2, 0) is 16.0 Å². The van der Waals surface area contributed by atoms with E-state index >= 15 is 0 Å². The maximum Gasteiger partial charge on any atom is 0.224 e. The molecule has 4 rings (SSSR count). The summed E-state index contributed by atoms with van der Waals surface area (Å²) in [5.41, 5.74) is 4.52. The molecule has 0 bridgehead atoms. The van der Waals surface area contributed by atoms with E-state index < -0.39 is 0 Å². The van der Waals surface area contributed by atoms with Crippen LogP contribution in [0.25, 0.3) is 0 Å². The van der Waals surface area contributed by atoms with Gasteiger partial charge in [0, 0.05) is 18.5 Å². The van der Waals surface area contributed by atoms with Crippen LogP contribution in [0.1, 0.15) is 67.7 Å². The van der Waals surface area contributed by atoms with E-state index in [4.69, 9.17) is 4.74 Å². The number of benzene rings is 2. The Labute approximate surface area is 171 Å². The molecule has 152 valence electrons. The Morgan fingerprint density at radius 2 is 1.97 bits per heavy atom. The Balaban J connectivity index is 1.18. The van der Waals surface area contributed by atoms with E-state index in [9.17, 15) is 9.59 Å². The van der Waals surface area contributed by atoms with Crippen molar-refractivity contribution in [2.24, 2.45) is 0 Å². The van der Waals surface area contributed by atoms with E-state index in [0.717, 1.165) is 34.9 Å². The van der Waals surface area contributed by atoms with E-state index in [0.29, 0.717) is 25.9 Å². The summed E-state index contributed by atoms with van der Waals surface area (Å²) in [4.78, 5) is 23.7. The molecule has 1 heterocycles. The second kappa shape index (κ2) is 8.68. The summed E-state index contributed by atoms with van der Waals surface area (Å²) in [5.74, 6) is 1.64. The SMILES string of the molecule is CC(NC(=O)CCCOc1ccc2c(c1)CCC(=O)N2)c1ccc(C2CC2)cc1. The summed E-state index contributed by atoms with van der Waals surface area (Å²) in [6.07, 6.45) is 4.95. The van der Waals surface area contributed by atoms with Gasteiger partial charge in [0.05, 0.1) is 12.6 Å². The van der Waals surface area contributed by atoms with Crippen molar-refractivity contribution >= 4 is 17.5 Å². The van der Waals surface area contributed by atoms with Crippen LogP contribution in [0.15, 0.2) is 42.5 Å². The zero-order valence-electron chi connectivity index (χ0n) is 16.9. The second-order valence-corrected chi connectivity index (χ2v) is 8.05. The molecule has 5 heteroatoms. The molecule has 0 radical (unpaired) electrons. The quantitative estimate of drug-likeness (QED) is 0.651. The van der Waals surface area contributed by atoms with Gasteiger partial charge in [0.15, 0.2) is 0 Å². The molecular formula is C24H28N2O3. The van der Waals surface area contributed by atoms with Crippen molar-refractivity contribution in [3.05, 3.63) is 59.2 Å². The standard InChI is InChI=1S/C24H28N2O3/c1-16(17-4-6-18(7-5-17)19-8-9-19)25-23(27)3-2-14-29-21-11-12-22-20(15-21)10-13-24(28)26-22/h4-7,11-12,15-16,19H,2-3,8-10,13-14H2,1H3,(H,25,27)(H,26,28). The van der Waals surface area contributed by atoms with Gasteiger partial charge in [0.25, 0.3) is 0 Å². The number of amides is 2. The highest BCUT2D eigenvalue weighted by Crippen LogP contribution is 2.40. The first-order chi connectivity index (χ1) is 14.1. The molecule has 1 aliphatic carbocycles. The van der Waals surface area contributed by atoms with Crippen LogP contribution in [0, 0.1) is 0 Å². The van der Waals surface area contributed by atoms with Crippen molar-refractivity contribution in [3.8, 4) is 5.75 Å². The van der Waals surface area contributed by atoms with E-state index in [1.54, 1.807) is 0 Å². The Bertz CT molecular complexity index is 887. The van der Waals surface area contributed by atoms with Crippen LogP contribution < -0.4 is 15.4 Å². The largest absolute Gasteiger partial charge is 0.494 e. The normalized spacial score (nSPS) is 16.5. The lowest BCUT2D eigenvalue weighted by molar-refractivity contribution is -0.122.